The zero-order chi connectivity index (χ0) is 16.7. The van der Waals surface area contributed by atoms with Gasteiger partial charge in [-0.05, 0) is 37.3 Å². The zero-order valence-electron chi connectivity index (χ0n) is 13.8. The SMILES string of the molecule is COCC1CCCN(S(=O)(=O)NCCNc2ccncc2C)C1. The van der Waals surface area contributed by atoms with Crippen LogP contribution in [0.1, 0.15) is 18.4 Å². The predicted molar refractivity (Wildman–Crippen MR) is 90.6 cm³/mol. The third-order valence-electron chi connectivity index (χ3n) is 3.97. The summed E-state index contributed by atoms with van der Waals surface area (Å²) in [5.41, 5.74) is 2.01. The van der Waals surface area contributed by atoms with Gasteiger partial charge in [-0.25, -0.2) is 4.72 Å². The smallest absolute Gasteiger partial charge is 0.279 e. The number of aromatic nitrogens is 1. The third-order valence-corrected chi connectivity index (χ3v) is 5.55. The molecule has 2 rings (SSSR count). The average molecular weight is 342 g/mol. The minimum atomic E-state index is -3.42. The monoisotopic (exact) mass is 342 g/mol. The summed E-state index contributed by atoms with van der Waals surface area (Å²) < 4.78 is 34.0. The van der Waals surface area contributed by atoms with Crippen molar-refractivity contribution in [2.45, 2.75) is 19.8 Å². The van der Waals surface area contributed by atoms with Crippen LogP contribution in [0.4, 0.5) is 5.69 Å². The van der Waals surface area contributed by atoms with Gasteiger partial charge in [0, 0.05) is 51.4 Å². The van der Waals surface area contributed by atoms with E-state index in [0.717, 1.165) is 24.1 Å². The molecule has 0 aromatic carbocycles. The molecule has 1 saturated heterocycles. The molecule has 1 fully saturated rings. The summed E-state index contributed by atoms with van der Waals surface area (Å²) in [6.45, 7) is 4.54. The highest BCUT2D eigenvalue weighted by Crippen LogP contribution is 2.18. The molecule has 0 amide bonds. The topological polar surface area (TPSA) is 83.6 Å². The summed E-state index contributed by atoms with van der Waals surface area (Å²) in [6, 6.07) is 1.88. The normalized spacial score (nSPS) is 19.7. The van der Waals surface area contributed by atoms with Crippen molar-refractivity contribution in [1.82, 2.24) is 14.0 Å². The maximum Gasteiger partial charge on any atom is 0.279 e. The van der Waals surface area contributed by atoms with E-state index in [2.05, 4.69) is 15.0 Å². The molecule has 1 aromatic rings. The molecule has 1 atom stereocenters. The lowest BCUT2D eigenvalue weighted by molar-refractivity contribution is 0.118. The first-order valence-electron chi connectivity index (χ1n) is 7.91. The Morgan fingerprint density at radius 2 is 2.26 bits per heavy atom. The number of anilines is 1. The van der Waals surface area contributed by atoms with Gasteiger partial charge in [0.25, 0.3) is 10.2 Å². The molecule has 2 N–H and O–H groups in total. The Balaban J connectivity index is 1.78. The fraction of sp³-hybridized carbons (Fsp3) is 0.667. The Morgan fingerprint density at radius 3 is 3.00 bits per heavy atom. The van der Waals surface area contributed by atoms with Gasteiger partial charge in [0.05, 0.1) is 6.61 Å². The molecule has 1 aliphatic rings. The molecule has 0 aliphatic carbocycles. The van der Waals surface area contributed by atoms with E-state index < -0.39 is 10.2 Å². The van der Waals surface area contributed by atoms with Crippen LogP contribution in [0.2, 0.25) is 0 Å². The van der Waals surface area contributed by atoms with E-state index >= 15 is 0 Å². The predicted octanol–water partition coefficient (Wildman–Crippen LogP) is 0.995. The maximum atomic E-state index is 12.3. The van der Waals surface area contributed by atoms with Gasteiger partial charge in [-0.3, -0.25) is 4.98 Å². The van der Waals surface area contributed by atoms with Gasteiger partial charge in [0.1, 0.15) is 0 Å². The lowest BCUT2D eigenvalue weighted by Crippen LogP contribution is -2.47. The van der Waals surface area contributed by atoms with Crippen LogP contribution in [0.25, 0.3) is 0 Å². The first kappa shape index (κ1) is 18.1. The van der Waals surface area contributed by atoms with E-state index in [1.807, 2.05) is 13.0 Å². The van der Waals surface area contributed by atoms with E-state index in [1.165, 1.54) is 4.31 Å². The summed E-state index contributed by atoms with van der Waals surface area (Å²) in [5.74, 6) is 0.280. The summed E-state index contributed by atoms with van der Waals surface area (Å²) in [5, 5.41) is 3.21. The number of piperidine rings is 1. The molecule has 1 aromatic heterocycles. The molecule has 130 valence electrons. The molecule has 1 unspecified atom stereocenters. The molecule has 23 heavy (non-hydrogen) atoms. The molecule has 2 heterocycles. The minimum Gasteiger partial charge on any atom is -0.384 e. The second kappa shape index (κ2) is 8.58. The minimum absolute atomic E-state index is 0.280. The van der Waals surface area contributed by atoms with Gasteiger partial charge in [0.15, 0.2) is 0 Å². The van der Waals surface area contributed by atoms with E-state index in [-0.39, 0.29) is 5.92 Å². The molecular formula is C15H26N4O3S. The van der Waals surface area contributed by atoms with Crippen molar-refractivity contribution in [3.05, 3.63) is 24.0 Å². The van der Waals surface area contributed by atoms with Gasteiger partial charge >= 0.3 is 0 Å². The summed E-state index contributed by atoms with van der Waals surface area (Å²) in [7, 11) is -1.77. The van der Waals surface area contributed by atoms with Crippen LogP contribution in [-0.4, -0.2) is 57.6 Å². The van der Waals surface area contributed by atoms with Crippen molar-refractivity contribution >= 4 is 15.9 Å². The number of hydrogen-bond acceptors (Lipinski definition) is 5. The second-order valence-electron chi connectivity index (χ2n) is 5.84. The van der Waals surface area contributed by atoms with Crippen molar-refractivity contribution in [2.24, 2.45) is 5.92 Å². The highest BCUT2D eigenvalue weighted by Gasteiger charge is 2.28. The van der Waals surface area contributed by atoms with Crippen molar-refractivity contribution < 1.29 is 13.2 Å². The van der Waals surface area contributed by atoms with E-state index in [9.17, 15) is 8.42 Å². The number of hydrogen-bond donors (Lipinski definition) is 2. The molecule has 8 heteroatoms. The number of ether oxygens (including phenoxy) is 1. The number of nitrogens with one attached hydrogen (secondary N) is 2. The van der Waals surface area contributed by atoms with Crippen LogP contribution < -0.4 is 10.0 Å². The van der Waals surface area contributed by atoms with Gasteiger partial charge in [-0.2, -0.15) is 12.7 Å². The zero-order valence-corrected chi connectivity index (χ0v) is 14.6. The van der Waals surface area contributed by atoms with Crippen LogP contribution in [0.15, 0.2) is 18.5 Å². The largest absolute Gasteiger partial charge is 0.384 e. The average Bonchev–Trinajstić information content (AvgIpc) is 2.54. The van der Waals surface area contributed by atoms with Crippen LogP contribution in [0.3, 0.4) is 0 Å². The first-order valence-corrected chi connectivity index (χ1v) is 9.35. The second-order valence-corrected chi connectivity index (χ2v) is 7.59. The van der Waals surface area contributed by atoms with Gasteiger partial charge in [-0.15, -0.1) is 0 Å². The van der Waals surface area contributed by atoms with Crippen molar-refractivity contribution in [3.63, 3.8) is 0 Å². The molecule has 7 nitrogen and oxygen atoms in total. The summed E-state index contributed by atoms with van der Waals surface area (Å²) in [6.07, 6.45) is 5.38. The van der Waals surface area contributed by atoms with Gasteiger partial charge < -0.3 is 10.1 Å². The van der Waals surface area contributed by atoms with Crippen LogP contribution in [0.5, 0.6) is 0 Å². The molecule has 0 bridgehead atoms. The Hall–Kier alpha value is -1.22. The summed E-state index contributed by atoms with van der Waals surface area (Å²) >= 11 is 0. The number of rotatable bonds is 8. The van der Waals surface area contributed by atoms with Crippen molar-refractivity contribution in [1.29, 1.82) is 0 Å². The Morgan fingerprint density at radius 1 is 1.43 bits per heavy atom. The number of pyridine rings is 1. The standard InChI is InChI=1S/C15H26N4O3S/c1-13-10-16-6-5-15(13)17-7-8-18-23(20,21)19-9-3-4-14(11-19)12-22-2/h5-6,10,14,18H,3-4,7-9,11-12H2,1-2H3,(H,16,17). The summed E-state index contributed by atoms with van der Waals surface area (Å²) in [4.78, 5) is 4.03. The van der Waals surface area contributed by atoms with Crippen LogP contribution >= 0.6 is 0 Å². The lowest BCUT2D eigenvalue weighted by Gasteiger charge is -2.31. The lowest BCUT2D eigenvalue weighted by atomic mass is 10.0. The molecule has 0 saturated carbocycles. The fourth-order valence-electron chi connectivity index (χ4n) is 2.76. The van der Waals surface area contributed by atoms with E-state index in [1.54, 1.807) is 19.5 Å². The number of methoxy groups -OCH3 is 1. The van der Waals surface area contributed by atoms with Crippen LogP contribution in [-0.2, 0) is 14.9 Å². The number of aryl methyl sites for hydroxylation is 1. The van der Waals surface area contributed by atoms with Crippen molar-refractivity contribution in [3.8, 4) is 0 Å². The van der Waals surface area contributed by atoms with Gasteiger partial charge in [0.2, 0.25) is 0 Å². The molecule has 1 aliphatic heterocycles. The van der Waals surface area contributed by atoms with Crippen molar-refractivity contribution in [2.75, 3.05) is 45.2 Å². The first-order chi connectivity index (χ1) is 11.0. The highest BCUT2D eigenvalue weighted by molar-refractivity contribution is 7.87. The highest BCUT2D eigenvalue weighted by atomic mass is 32.2. The van der Waals surface area contributed by atoms with E-state index in [4.69, 9.17) is 4.74 Å². The number of nitrogens with zero attached hydrogens (tertiary/aromatic N) is 2. The third kappa shape index (κ3) is 5.42. The molecule has 0 radical (unpaired) electrons. The van der Waals surface area contributed by atoms with Gasteiger partial charge in [-0.1, -0.05) is 0 Å². The Bertz CT molecular complexity index is 592. The van der Waals surface area contributed by atoms with E-state index in [0.29, 0.717) is 32.8 Å². The van der Waals surface area contributed by atoms with Crippen LogP contribution in [0, 0.1) is 12.8 Å². The Kier molecular flexibility index (Phi) is 6.76. The quantitative estimate of drug-likeness (QED) is 0.689. The fourth-order valence-corrected chi connectivity index (χ4v) is 4.08. The maximum absolute atomic E-state index is 12.3. The Labute approximate surface area is 138 Å². The molecule has 0 spiro atoms. The molecular weight excluding hydrogens is 316 g/mol.